The number of fused-ring (bicyclic) bond motifs is 1. The van der Waals surface area contributed by atoms with Crippen LogP contribution >= 0.6 is 11.6 Å². The fraction of sp³-hybridized carbons (Fsp3) is 0.100. The van der Waals surface area contributed by atoms with E-state index in [4.69, 9.17) is 21.6 Å². The summed E-state index contributed by atoms with van der Waals surface area (Å²) >= 11 is 6.09. The van der Waals surface area contributed by atoms with Gasteiger partial charge in [0, 0.05) is 17.4 Å². The first kappa shape index (κ1) is 19.7. The number of ether oxygens (including phenoxy) is 1. The van der Waals surface area contributed by atoms with Gasteiger partial charge in [0.1, 0.15) is 5.75 Å². The first-order valence-electron chi connectivity index (χ1n) is 8.59. The highest BCUT2D eigenvalue weighted by Gasteiger charge is 2.19. The number of nitriles is 1. The molecule has 0 saturated heterocycles. The highest BCUT2D eigenvalue weighted by Crippen LogP contribution is 2.36. The Hall–Kier alpha value is -3.64. The second kappa shape index (κ2) is 8.00. The number of hydrogen-bond acceptors (Lipinski definition) is 5. The molecule has 1 N–H and O–H groups in total. The largest absolute Gasteiger partial charge is 0.453 e. The minimum atomic E-state index is -2.82. The summed E-state index contributed by atoms with van der Waals surface area (Å²) < 4.78 is 46.8. The van der Waals surface area contributed by atoms with Crippen LogP contribution in [0.15, 0.2) is 42.6 Å². The summed E-state index contributed by atoms with van der Waals surface area (Å²) in [5.74, 6) is -1.21. The van der Waals surface area contributed by atoms with Gasteiger partial charge in [0.2, 0.25) is 0 Å². The Morgan fingerprint density at radius 1 is 1.20 bits per heavy atom. The number of halogens is 4. The summed E-state index contributed by atoms with van der Waals surface area (Å²) in [4.78, 5) is 0. The molecule has 4 aromatic rings. The van der Waals surface area contributed by atoms with Crippen molar-refractivity contribution in [2.45, 2.75) is 12.8 Å². The molecule has 0 radical (unpaired) electrons. The Morgan fingerprint density at radius 3 is 2.80 bits per heavy atom. The summed E-state index contributed by atoms with van der Waals surface area (Å²) in [6.45, 7) is 0. The van der Waals surface area contributed by atoms with Crippen LogP contribution < -0.4 is 4.74 Å². The molecule has 30 heavy (non-hydrogen) atoms. The van der Waals surface area contributed by atoms with Crippen molar-refractivity contribution in [2.75, 3.05) is 0 Å². The van der Waals surface area contributed by atoms with E-state index in [1.807, 2.05) is 0 Å². The van der Waals surface area contributed by atoms with Crippen LogP contribution in [0.25, 0.3) is 11.0 Å². The van der Waals surface area contributed by atoms with Crippen molar-refractivity contribution in [3.8, 4) is 17.6 Å². The first-order chi connectivity index (χ1) is 14.5. The van der Waals surface area contributed by atoms with Crippen LogP contribution in [-0.2, 0) is 6.42 Å². The van der Waals surface area contributed by atoms with Gasteiger partial charge in [-0.15, -0.1) is 5.10 Å². The standard InChI is InChI=1S/C20H11ClF3N5O/c21-15-2-1-11(8-16-14-3-4-26-28-20(14)29-27-16)17(22)18(15)30-13-6-10(9-25)5-12(7-13)19(23)24/h1-7,19H,8H2,(H,27,28,29). The molecule has 0 aliphatic carbocycles. The SMILES string of the molecule is N#Cc1cc(Oc2c(Cl)ccc(Cc3n[nH]c4nnccc34)c2F)cc(C(F)F)c1. The molecule has 2 aromatic carbocycles. The van der Waals surface area contributed by atoms with Gasteiger partial charge in [-0.2, -0.15) is 15.5 Å². The number of benzene rings is 2. The number of nitrogens with one attached hydrogen (secondary N) is 1. The Kier molecular flexibility index (Phi) is 5.25. The highest BCUT2D eigenvalue weighted by molar-refractivity contribution is 6.32. The zero-order valence-electron chi connectivity index (χ0n) is 15.0. The fourth-order valence-corrected chi connectivity index (χ4v) is 3.12. The van der Waals surface area contributed by atoms with E-state index >= 15 is 4.39 Å². The van der Waals surface area contributed by atoms with Crippen molar-refractivity contribution in [1.29, 1.82) is 5.26 Å². The van der Waals surface area contributed by atoms with Gasteiger partial charge < -0.3 is 4.74 Å². The number of nitrogens with zero attached hydrogens (tertiary/aromatic N) is 4. The predicted octanol–water partition coefficient (Wildman–Crippen LogP) is 5.34. The molecule has 10 heteroatoms. The average Bonchev–Trinajstić information content (AvgIpc) is 3.15. The minimum Gasteiger partial charge on any atom is -0.453 e. The molecule has 0 bridgehead atoms. The maximum Gasteiger partial charge on any atom is 0.264 e. The van der Waals surface area contributed by atoms with E-state index in [1.54, 1.807) is 12.1 Å². The Bertz CT molecular complexity index is 1290. The lowest BCUT2D eigenvalue weighted by Crippen LogP contribution is -1.99. The van der Waals surface area contributed by atoms with Gasteiger partial charge in [-0.3, -0.25) is 5.10 Å². The lowest BCUT2D eigenvalue weighted by Gasteiger charge is -2.13. The molecule has 0 fully saturated rings. The zero-order chi connectivity index (χ0) is 21.3. The van der Waals surface area contributed by atoms with Gasteiger partial charge in [-0.25, -0.2) is 13.2 Å². The van der Waals surface area contributed by atoms with Gasteiger partial charge in [0.25, 0.3) is 6.43 Å². The van der Waals surface area contributed by atoms with Gasteiger partial charge in [-0.05, 0) is 35.9 Å². The molecule has 6 nitrogen and oxygen atoms in total. The maximum absolute atomic E-state index is 15.2. The summed E-state index contributed by atoms with van der Waals surface area (Å²) in [5, 5.41) is 24.2. The molecule has 2 heterocycles. The Labute approximate surface area is 172 Å². The second-order valence-corrected chi connectivity index (χ2v) is 6.70. The van der Waals surface area contributed by atoms with Crippen LogP contribution in [0.2, 0.25) is 5.02 Å². The van der Waals surface area contributed by atoms with Crippen LogP contribution in [-0.4, -0.2) is 20.4 Å². The van der Waals surface area contributed by atoms with Crippen LogP contribution in [0.5, 0.6) is 11.5 Å². The first-order valence-corrected chi connectivity index (χ1v) is 8.96. The van der Waals surface area contributed by atoms with E-state index in [0.717, 1.165) is 12.1 Å². The molecular formula is C20H11ClF3N5O. The third kappa shape index (κ3) is 3.77. The summed E-state index contributed by atoms with van der Waals surface area (Å²) in [5.41, 5.74) is 0.773. The number of H-pyrrole nitrogens is 1. The number of aromatic amines is 1. The average molecular weight is 430 g/mol. The minimum absolute atomic E-state index is 0.0420. The summed E-state index contributed by atoms with van der Waals surface area (Å²) in [6.07, 6.45) is -1.22. The van der Waals surface area contributed by atoms with E-state index in [-0.39, 0.29) is 34.1 Å². The Morgan fingerprint density at radius 2 is 2.03 bits per heavy atom. The number of hydrogen-bond donors (Lipinski definition) is 1. The van der Waals surface area contributed by atoms with Crippen molar-refractivity contribution < 1.29 is 17.9 Å². The molecule has 150 valence electrons. The highest BCUT2D eigenvalue weighted by atomic mass is 35.5. The molecular weight excluding hydrogens is 419 g/mol. The molecule has 0 spiro atoms. The lowest BCUT2D eigenvalue weighted by molar-refractivity contribution is 0.151. The molecule has 2 aromatic heterocycles. The molecule has 0 aliphatic heterocycles. The quantitative estimate of drug-likeness (QED) is 0.462. The van der Waals surface area contributed by atoms with Crippen LogP contribution in [0.1, 0.15) is 28.8 Å². The van der Waals surface area contributed by atoms with Gasteiger partial charge >= 0.3 is 0 Å². The normalized spacial score (nSPS) is 11.1. The van der Waals surface area contributed by atoms with Crippen molar-refractivity contribution in [3.63, 3.8) is 0 Å². The molecule has 0 aliphatic rings. The number of aromatic nitrogens is 4. The van der Waals surface area contributed by atoms with Gasteiger partial charge in [0.15, 0.2) is 17.2 Å². The maximum atomic E-state index is 15.2. The van der Waals surface area contributed by atoms with Gasteiger partial charge in [0.05, 0.1) is 28.5 Å². The van der Waals surface area contributed by atoms with Crippen molar-refractivity contribution >= 4 is 22.6 Å². The van der Waals surface area contributed by atoms with Crippen LogP contribution in [0, 0.1) is 17.1 Å². The topological polar surface area (TPSA) is 87.5 Å². The smallest absolute Gasteiger partial charge is 0.264 e. The van der Waals surface area contributed by atoms with Crippen LogP contribution in [0.4, 0.5) is 13.2 Å². The third-order valence-corrected chi connectivity index (χ3v) is 4.64. The predicted molar refractivity (Wildman–Crippen MR) is 102 cm³/mol. The Balaban J connectivity index is 1.70. The van der Waals surface area contributed by atoms with Crippen molar-refractivity contribution in [2.24, 2.45) is 0 Å². The fourth-order valence-electron chi connectivity index (χ4n) is 2.94. The van der Waals surface area contributed by atoms with E-state index in [2.05, 4.69) is 20.4 Å². The number of alkyl halides is 2. The van der Waals surface area contributed by atoms with E-state index in [1.165, 1.54) is 24.4 Å². The van der Waals surface area contributed by atoms with Crippen molar-refractivity contribution in [3.05, 3.63) is 75.8 Å². The molecule has 0 atom stereocenters. The summed E-state index contributed by atoms with van der Waals surface area (Å²) in [7, 11) is 0. The van der Waals surface area contributed by atoms with E-state index in [0.29, 0.717) is 16.7 Å². The molecule has 4 rings (SSSR count). The summed E-state index contributed by atoms with van der Waals surface area (Å²) in [6, 6.07) is 9.70. The van der Waals surface area contributed by atoms with Gasteiger partial charge in [-0.1, -0.05) is 17.7 Å². The molecule has 0 amide bonds. The monoisotopic (exact) mass is 429 g/mol. The third-order valence-electron chi connectivity index (χ3n) is 4.35. The van der Waals surface area contributed by atoms with E-state index in [9.17, 15) is 8.78 Å². The van der Waals surface area contributed by atoms with Crippen LogP contribution in [0.3, 0.4) is 0 Å². The number of rotatable bonds is 5. The molecule has 0 saturated carbocycles. The lowest BCUT2D eigenvalue weighted by atomic mass is 10.1. The molecule has 0 unspecified atom stereocenters. The van der Waals surface area contributed by atoms with E-state index < -0.39 is 17.8 Å². The zero-order valence-corrected chi connectivity index (χ0v) is 15.8. The van der Waals surface area contributed by atoms with Crippen molar-refractivity contribution in [1.82, 2.24) is 20.4 Å². The second-order valence-electron chi connectivity index (χ2n) is 6.30.